The quantitative estimate of drug-likeness (QED) is 0.647. The summed E-state index contributed by atoms with van der Waals surface area (Å²) >= 11 is 0. The summed E-state index contributed by atoms with van der Waals surface area (Å²) in [5.41, 5.74) is 3.38. The molecule has 0 spiro atoms. The zero-order valence-electron chi connectivity index (χ0n) is 13.6. The van der Waals surface area contributed by atoms with Gasteiger partial charge in [0.05, 0.1) is 15.9 Å². The van der Waals surface area contributed by atoms with Gasteiger partial charge in [-0.2, -0.15) is 5.10 Å². The lowest BCUT2D eigenvalue weighted by Gasteiger charge is -2.19. The predicted molar refractivity (Wildman–Crippen MR) is 90.0 cm³/mol. The van der Waals surface area contributed by atoms with Crippen molar-refractivity contribution in [3.63, 3.8) is 0 Å². The van der Waals surface area contributed by atoms with Crippen LogP contribution in [0, 0.1) is 43.9 Å². The van der Waals surface area contributed by atoms with E-state index < -0.39 is 9.85 Å². The number of hydrogen-bond acceptors (Lipinski definition) is 6. The van der Waals surface area contributed by atoms with Crippen molar-refractivity contribution >= 4 is 22.8 Å². The molecule has 8 nitrogen and oxygen atoms in total. The number of anilines is 1. The molecule has 0 radical (unpaired) electrons. The summed E-state index contributed by atoms with van der Waals surface area (Å²) in [6.45, 7) is 4.46. The van der Waals surface area contributed by atoms with Gasteiger partial charge < -0.3 is 0 Å². The van der Waals surface area contributed by atoms with Gasteiger partial charge in [-0.15, -0.1) is 0 Å². The van der Waals surface area contributed by atoms with Crippen LogP contribution in [0.3, 0.4) is 0 Å². The average molecular weight is 332 g/mol. The van der Waals surface area contributed by atoms with Crippen LogP contribution in [-0.2, 0) is 0 Å². The van der Waals surface area contributed by atoms with Crippen LogP contribution in [0.5, 0.6) is 0 Å². The Hall–Kier alpha value is -2.51. The topological polar surface area (TPSA) is 111 Å². The van der Waals surface area contributed by atoms with Crippen molar-refractivity contribution < 1.29 is 9.85 Å². The van der Waals surface area contributed by atoms with Crippen molar-refractivity contribution in [3.8, 4) is 0 Å². The predicted octanol–water partition coefficient (Wildman–Crippen LogP) is 3.97. The number of nitrogens with one attached hydrogen (secondary N) is 1. The van der Waals surface area contributed by atoms with E-state index in [0.29, 0.717) is 23.7 Å². The highest BCUT2D eigenvalue weighted by Crippen LogP contribution is 2.51. The Balaban J connectivity index is 1.82. The number of nitrogens with zero attached hydrogens (tertiary/aromatic N) is 3. The average Bonchev–Trinajstić information content (AvgIpc) is 3.10. The molecule has 1 aromatic rings. The standard InChI is InChI=1S/C16H20N4O4/c1-9(2)16-10-3-5-12(16)14(7-10)18-17-13-6-4-11(19(21)22)8-15(13)20(23)24/h4,6,8-10,12,16-17H,3,5,7H2,1-2H3/b18-14+. The Morgan fingerprint density at radius 1 is 1.21 bits per heavy atom. The summed E-state index contributed by atoms with van der Waals surface area (Å²) in [4.78, 5) is 20.7. The summed E-state index contributed by atoms with van der Waals surface area (Å²) in [5, 5.41) is 26.4. The van der Waals surface area contributed by atoms with Crippen molar-refractivity contribution in [2.75, 3.05) is 5.43 Å². The molecule has 2 aliphatic carbocycles. The third kappa shape index (κ3) is 2.83. The van der Waals surface area contributed by atoms with Crippen LogP contribution in [0.1, 0.15) is 33.1 Å². The number of non-ortho nitro benzene ring substituents is 1. The van der Waals surface area contributed by atoms with Crippen molar-refractivity contribution in [1.29, 1.82) is 0 Å². The number of fused-ring (bicyclic) bond motifs is 2. The Labute approximate surface area is 139 Å². The van der Waals surface area contributed by atoms with Crippen LogP contribution >= 0.6 is 0 Å². The summed E-state index contributed by atoms with van der Waals surface area (Å²) in [6, 6.07) is 3.54. The second-order valence-corrected chi connectivity index (χ2v) is 6.90. The molecule has 2 aliphatic rings. The highest BCUT2D eigenvalue weighted by atomic mass is 16.6. The minimum absolute atomic E-state index is 0.182. The molecule has 0 aliphatic heterocycles. The molecular formula is C16H20N4O4. The van der Waals surface area contributed by atoms with Crippen LogP contribution in [0.15, 0.2) is 23.3 Å². The van der Waals surface area contributed by atoms with Crippen molar-refractivity contribution in [1.82, 2.24) is 0 Å². The molecule has 3 atom stereocenters. The molecule has 128 valence electrons. The van der Waals surface area contributed by atoms with Gasteiger partial charge in [0.15, 0.2) is 0 Å². The number of nitro groups is 2. The molecule has 0 amide bonds. The number of hydrazone groups is 1. The van der Waals surface area contributed by atoms with E-state index in [1.165, 1.54) is 18.6 Å². The van der Waals surface area contributed by atoms with E-state index in [0.717, 1.165) is 24.6 Å². The van der Waals surface area contributed by atoms with E-state index >= 15 is 0 Å². The molecule has 2 bridgehead atoms. The van der Waals surface area contributed by atoms with E-state index in [-0.39, 0.29) is 17.1 Å². The molecule has 0 heterocycles. The summed E-state index contributed by atoms with van der Waals surface area (Å²) < 4.78 is 0. The van der Waals surface area contributed by atoms with Crippen LogP contribution in [0.25, 0.3) is 0 Å². The van der Waals surface area contributed by atoms with Crippen LogP contribution in [0.2, 0.25) is 0 Å². The van der Waals surface area contributed by atoms with Crippen molar-refractivity contribution in [2.45, 2.75) is 33.1 Å². The third-order valence-electron chi connectivity index (χ3n) is 5.24. The second-order valence-electron chi connectivity index (χ2n) is 6.90. The second kappa shape index (κ2) is 6.18. The third-order valence-corrected chi connectivity index (χ3v) is 5.24. The van der Waals surface area contributed by atoms with Crippen LogP contribution < -0.4 is 5.43 Å². The smallest absolute Gasteiger partial charge is 0.272 e. The number of hydrogen-bond donors (Lipinski definition) is 1. The molecule has 1 N–H and O–H groups in total. The largest absolute Gasteiger partial charge is 0.301 e. The maximum Gasteiger partial charge on any atom is 0.301 e. The molecule has 1 aromatic carbocycles. The first kappa shape index (κ1) is 16.4. The molecule has 2 fully saturated rings. The first-order chi connectivity index (χ1) is 11.4. The minimum atomic E-state index is -0.647. The summed E-state index contributed by atoms with van der Waals surface area (Å²) in [7, 11) is 0. The normalized spacial score (nSPS) is 27.0. The van der Waals surface area contributed by atoms with E-state index in [1.54, 1.807) is 0 Å². The zero-order valence-corrected chi connectivity index (χ0v) is 13.6. The number of nitro benzene ring substituents is 2. The lowest BCUT2D eigenvalue weighted by atomic mass is 9.86. The summed E-state index contributed by atoms with van der Waals surface area (Å²) in [5.74, 6) is 2.34. The molecule has 0 aromatic heterocycles. The van der Waals surface area contributed by atoms with Crippen molar-refractivity contribution in [2.24, 2.45) is 28.8 Å². The zero-order chi connectivity index (χ0) is 17.4. The number of rotatable bonds is 5. The Morgan fingerprint density at radius 2 is 1.96 bits per heavy atom. The van der Waals surface area contributed by atoms with E-state index in [2.05, 4.69) is 24.4 Å². The monoisotopic (exact) mass is 332 g/mol. The van der Waals surface area contributed by atoms with E-state index in [4.69, 9.17) is 0 Å². The van der Waals surface area contributed by atoms with E-state index in [9.17, 15) is 20.2 Å². The van der Waals surface area contributed by atoms with Crippen molar-refractivity contribution in [3.05, 3.63) is 38.4 Å². The van der Waals surface area contributed by atoms with Crippen LogP contribution in [0.4, 0.5) is 17.1 Å². The molecule has 8 heteroatoms. The first-order valence-electron chi connectivity index (χ1n) is 8.13. The van der Waals surface area contributed by atoms with Gasteiger partial charge in [-0.1, -0.05) is 13.8 Å². The fourth-order valence-electron chi connectivity index (χ4n) is 4.30. The molecule has 3 rings (SSSR count). The lowest BCUT2D eigenvalue weighted by Crippen LogP contribution is -2.17. The van der Waals surface area contributed by atoms with Gasteiger partial charge in [0, 0.05) is 17.7 Å². The summed E-state index contributed by atoms with van der Waals surface area (Å²) in [6.07, 6.45) is 3.28. The molecular weight excluding hydrogens is 312 g/mol. The fourth-order valence-corrected chi connectivity index (χ4v) is 4.30. The lowest BCUT2D eigenvalue weighted by molar-refractivity contribution is -0.393. The first-order valence-corrected chi connectivity index (χ1v) is 8.13. The minimum Gasteiger partial charge on any atom is -0.272 e. The van der Waals surface area contributed by atoms with Crippen LogP contribution in [-0.4, -0.2) is 15.6 Å². The Bertz CT molecular complexity index is 716. The van der Waals surface area contributed by atoms with Gasteiger partial charge in [-0.3, -0.25) is 25.7 Å². The molecule has 24 heavy (non-hydrogen) atoms. The molecule has 0 saturated heterocycles. The van der Waals surface area contributed by atoms with E-state index in [1.807, 2.05) is 0 Å². The molecule has 2 saturated carbocycles. The van der Waals surface area contributed by atoms with Gasteiger partial charge in [-0.25, -0.2) is 0 Å². The Morgan fingerprint density at radius 3 is 2.54 bits per heavy atom. The Kier molecular flexibility index (Phi) is 4.21. The maximum atomic E-state index is 11.2. The number of benzene rings is 1. The van der Waals surface area contributed by atoms with Gasteiger partial charge >= 0.3 is 5.69 Å². The molecule has 3 unspecified atom stereocenters. The highest BCUT2D eigenvalue weighted by molar-refractivity contribution is 5.91. The van der Waals surface area contributed by atoms with Gasteiger partial charge in [0.1, 0.15) is 5.69 Å². The maximum absolute atomic E-state index is 11.2. The highest BCUT2D eigenvalue weighted by Gasteiger charge is 2.47. The fraction of sp³-hybridized carbons (Fsp3) is 0.562. The van der Waals surface area contributed by atoms with Gasteiger partial charge in [0.25, 0.3) is 5.69 Å². The SMILES string of the molecule is CC(C)C1C2CCC1/C(=N/Nc1ccc([N+](=O)[O-])cc1[N+](=O)[O-])C2. The van der Waals surface area contributed by atoms with Gasteiger partial charge in [-0.05, 0) is 43.1 Å². The van der Waals surface area contributed by atoms with Gasteiger partial charge in [0.2, 0.25) is 0 Å².